The molecule has 0 saturated heterocycles. The van der Waals surface area contributed by atoms with Crippen molar-refractivity contribution in [3.05, 3.63) is 99.4 Å². The number of rotatable bonds is 6. The fourth-order valence-corrected chi connectivity index (χ4v) is 3.79. The van der Waals surface area contributed by atoms with E-state index in [1.165, 1.54) is 30.5 Å². The van der Waals surface area contributed by atoms with Gasteiger partial charge in [-0.3, -0.25) is 4.79 Å². The molecule has 3 rings (SSSR count). The molecule has 0 atom stereocenters. The summed E-state index contributed by atoms with van der Waals surface area (Å²) in [5.41, 5.74) is 4.93. The maximum atomic E-state index is 12.4. The molecule has 0 heterocycles. The van der Waals surface area contributed by atoms with Gasteiger partial charge < -0.3 is 5.11 Å². The van der Waals surface area contributed by atoms with Gasteiger partial charge in [-0.25, -0.2) is 13.8 Å². The minimum Gasteiger partial charge on any atom is -0.506 e. The van der Waals surface area contributed by atoms with Gasteiger partial charge in [0.25, 0.3) is 5.91 Å². The van der Waals surface area contributed by atoms with E-state index in [0.29, 0.717) is 11.1 Å². The number of hydrogen-bond acceptors (Lipinski definition) is 5. The molecule has 3 aromatic carbocycles. The molecule has 158 valence electrons. The van der Waals surface area contributed by atoms with Gasteiger partial charge in [0, 0.05) is 11.0 Å². The van der Waals surface area contributed by atoms with E-state index < -0.39 is 15.7 Å². The van der Waals surface area contributed by atoms with E-state index in [-0.39, 0.29) is 21.2 Å². The number of hydrogen-bond donors (Lipinski definition) is 2. The standard InChI is InChI=1S/C23H19ClN2O4S/c1-16-5-8-20(9-6-16)31(29,30)12-11-17-3-2-4-18(13-17)15-25-26-23(28)19-7-10-22(27)21(24)14-19/h2-15,27H,1H3,(H,26,28). The summed E-state index contributed by atoms with van der Waals surface area (Å²) in [5, 5.41) is 14.5. The quantitative estimate of drug-likeness (QED) is 0.421. The van der Waals surface area contributed by atoms with Gasteiger partial charge in [-0.05, 0) is 60.5 Å². The maximum Gasteiger partial charge on any atom is 0.271 e. The summed E-state index contributed by atoms with van der Waals surface area (Å²) in [6.45, 7) is 1.89. The largest absolute Gasteiger partial charge is 0.506 e. The molecule has 0 unspecified atom stereocenters. The van der Waals surface area contributed by atoms with Crippen molar-refractivity contribution in [3.63, 3.8) is 0 Å². The monoisotopic (exact) mass is 454 g/mol. The van der Waals surface area contributed by atoms with Crippen LogP contribution in [0.25, 0.3) is 6.08 Å². The van der Waals surface area contributed by atoms with Gasteiger partial charge in [0.05, 0.1) is 16.1 Å². The van der Waals surface area contributed by atoms with Crippen molar-refractivity contribution in [2.24, 2.45) is 5.10 Å². The van der Waals surface area contributed by atoms with Gasteiger partial charge in [-0.1, -0.05) is 47.5 Å². The van der Waals surface area contributed by atoms with E-state index in [0.717, 1.165) is 11.0 Å². The van der Waals surface area contributed by atoms with Crippen LogP contribution in [0.5, 0.6) is 5.75 Å². The van der Waals surface area contributed by atoms with Crippen LogP contribution >= 0.6 is 11.6 Å². The van der Waals surface area contributed by atoms with Gasteiger partial charge in [-0.15, -0.1) is 0 Å². The van der Waals surface area contributed by atoms with Crippen LogP contribution in [0.15, 0.2) is 82.1 Å². The molecule has 0 fully saturated rings. The fourth-order valence-electron chi connectivity index (χ4n) is 2.60. The van der Waals surface area contributed by atoms with Crippen molar-refractivity contribution in [1.82, 2.24) is 5.43 Å². The van der Waals surface area contributed by atoms with Crippen LogP contribution in [0.3, 0.4) is 0 Å². The SMILES string of the molecule is Cc1ccc(S(=O)(=O)C=Cc2cccc(C=NNC(=O)c3ccc(O)c(Cl)c3)c2)cc1. The number of halogens is 1. The minimum absolute atomic E-state index is 0.0664. The van der Waals surface area contributed by atoms with E-state index in [2.05, 4.69) is 10.5 Å². The lowest BCUT2D eigenvalue weighted by Gasteiger charge is -2.02. The van der Waals surface area contributed by atoms with Crippen molar-refractivity contribution in [2.75, 3.05) is 0 Å². The highest BCUT2D eigenvalue weighted by atomic mass is 35.5. The summed E-state index contributed by atoms with van der Waals surface area (Å²) in [6, 6.07) is 17.7. The molecule has 0 aliphatic rings. The summed E-state index contributed by atoms with van der Waals surface area (Å²) in [5.74, 6) is -0.602. The molecule has 8 heteroatoms. The van der Waals surface area contributed by atoms with E-state index in [1.807, 2.05) is 6.92 Å². The molecule has 0 saturated carbocycles. The molecule has 31 heavy (non-hydrogen) atoms. The lowest BCUT2D eigenvalue weighted by Crippen LogP contribution is -2.17. The molecule has 2 N–H and O–H groups in total. The summed E-state index contributed by atoms with van der Waals surface area (Å²) in [6.07, 6.45) is 2.94. The lowest BCUT2D eigenvalue weighted by atomic mass is 10.1. The predicted molar refractivity (Wildman–Crippen MR) is 122 cm³/mol. The summed E-state index contributed by atoms with van der Waals surface area (Å²) < 4.78 is 24.9. The van der Waals surface area contributed by atoms with E-state index in [4.69, 9.17) is 11.6 Å². The molecular weight excluding hydrogens is 436 g/mol. The van der Waals surface area contributed by atoms with E-state index in [9.17, 15) is 18.3 Å². The first kappa shape index (κ1) is 22.3. The zero-order chi connectivity index (χ0) is 22.4. The fraction of sp³-hybridized carbons (Fsp3) is 0.0435. The van der Waals surface area contributed by atoms with Crippen molar-refractivity contribution in [3.8, 4) is 5.75 Å². The first-order valence-electron chi connectivity index (χ1n) is 9.16. The number of nitrogens with one attached hydrogen (secondary N) is 1. The van der Waals surface area contributed by atoms with Crippen molar-refractivity contribution in [1.29, 1.82) is 0 Å². The Bertz CT molecular complexity index is 1270. The number of carbonyl (C=O) groups is 1. The van der Waals surface area contributed by atoms with Crippen LogP contribution in [-0.4, -0.2) is 25.6 Å². The van der Waals surface area contributed by atoms with Crippen LogP contribution < -0.4 is 5.43 Å². The number of sulfone groups is 1. The summed E-state index contributed by atoms with van der Waals surface area (Å²) in [4.78, 5) is 12.3. The zero-order valence-electron chi connectivity index (χ0n) is 16.5. The molecule has 1 amide bonds. The molecule has 0 aliphatic heterocycles. The maximum absolute atomic E-state index is 12.4. The van der Waals surface area contributed by atoms with Crippen molar-refractivity contribution >= 4 is 39.6 Å². The number of amides is 1. The Labute approximate surface area is 185 Å². The highest BCUT2D eigenvalue weighted by molar-refractivity contribution is 7.94. The van der Waals surface area contributed by atoms with Gasteiger partial charge in [-0.2, -0.15) is 5.10 Å². The third kappa shape index (κ3) is 6.04. The number of carbonyl (C=O) groups excluding carboxylic acids is 1. The first-order valence-corrected chi connectivity index (χ1v) is 11.1. The third-order valence-electron chi connectivity index (χ3n) is 4.29. The Balaban J connectivity index is 1.68. The molecule has 0 spiro atoms. The number of aryl methyl sites for hydroxylation is 1. The summed E-state index contributed by atoms with van der Waals surface area (Å²) in [7, 11) is -3.55. The topological polar surface area (TPSA) is 95.8 Å². The minimum atomic E-state index is -3.55. The average molecular weight is 455 g/mol. The van der Waals surface area contributed by atoms with E-state index in [1.54, 1.807) is 48.5 Å². The Morgan fingerprint density at radius 3 is 2.45 bits per heavy atom. The van der Waals surface area contributed by atoms with Crippen LogP contribution in [0.2, 0.25) is 5.02 Å². The Hall–Kier alpha value is -3.42. The normalized spacial score (nSPS) is 11.8. The van der Waals surface area contributed by atoms with E-state index >= 15 is 0 Å². The highest BCUT2D eigenvalue weighted by Crippen LogP contribution is 2.23. The second-order valence-corrected chi connectivity index (χ2v) is 8.94. The lowest BCUT2D eigenvalue weighted by molar-refractivity contribution is 0.0955. The smallest absolute Gasteiger partial charge is 0.271 e. The molecule has 0 aromatic heterocycles. The number of phenols is 1. The van der Waals surface area contributed by atoms with Crippen LogP contribution in [0.4, 0.5) is 0 Å². The number of phenolic OH excluding ortho intramolecular Hbond substituents is 1. The number of benzene rings is 3. The number of aromatic hydroxyl groups is 1. The second-order valence-electron chi connectivity index (χ2n) is 6.70. The molecule has 0 aliphatic carbocycles. The Morgan fingerprint density at radius 1 is 1.03 bits per heavy atom. The predicted octanol–water partition coefficient (Wildman–Crippen LogP) is 4.56. The Kier molecular flexibility index (Phi) is 6.89. The molecule has 6 nitrogen and oxygen atoms in total. The molecular formula is C23H19ClN2O4S. The number of hydrazone groups is 1. The second kappa shape index (κ2) is 9.59. The van der Waals surface area contributed by atoms with Gasteiger partial charge in [0.15, 0.2) is 9.84 Å². The van der Waals surface area contributed by atoms with Crippen molar-refractivity contribution < 1.29 is 18.3 Å². The average Bonchev–Trinajstić information content (AvgIpc) is 2.75. The van der Waals surface area contributed by atoms with Crippen LogP contribution in [-0.2, 0) is 9.84 Å². The van der Waals surface area contributed by atoms with Gasteiger partial charge in [0.2, 0.25) is 0 Å². The van der Waals surface area contributed by atoms with Gasteiger partial charge >= 0.3 is 0 Å². The van der Waals surface area contributed by atoms with Crippen LogP contribution in [0, 0.1) is 6.92 Å². The molecule has 3 aromatic rings. The molecule has 0 radical (unpaired) electrons. The van der Waals surface area contributed by atoms with Crippen LogP contribution in [0.1, 0.15) is 27.0 Å². The molecule has 0 bridgehead atoms. The Morgan fingerprint density at radius 2 is 1.74 bits per heavy atom. The summed E-state index contributed by atoms with van der Waals surface area (Å²) >= 11 is 5.80. The van der Waals surface area contributed by atoms with Gasteiger partial charge in [0.1, 0.15) is 5.75 Å². The first-order chi connectivity index (χ1) is 14.7. The zero-order valence-corrected chi connectivity index (χ0v) is 18.1. The third-order valence-corrected chi connectivity index (χ3v) is 6.02. The highest BCUT2D eigenvalue weighted by Gasteiger charge is 2.10. The van der Waals surface area contributed by atoms with Crippen molar-refractivity contribution in [2.45, 2.75) is 11.8 Å². The number of nitrogens with zero attached hydrogens (tertiary/aromatic N) is 1.